The molecule has 0 unspecified atom stereocenters. The van der Waals surface area contributed by atoms with Crippen LogP contribution in [-0.4, -0.2) is 59.0 Å². The molecule has 0 atom stereocenters. The van der Waals surface area contributed by atoms with E-state index < -0.39 is 11.7 Å². The van der Waals surface area contributed by atoms with Crippen LogP contribution in [0.3, 0.4) is 0 Å². The molecule has 0 saturated heterocycles. The molecule has 2 aromatic rings. The van der Waals surface area contributed by atoms with Crippen LogP contribution in [0.2, 0.25) is 0 Å². The Bertz CT molecular complexity index is 970. The van der Waals surface area contributed by atoms with E-state index in [1.54, 1.807) is 29.2 Å². The van der Waals surface area contributed by atoms with E-state index in [0.717, 1.165) is 37.1 Å². The average molecular weight is 480 g/mol. The van der Waals surface area contributed by atoms with Crippen molar-refractivity contribution in [3.63, 3.8) is 0 Å². The lowest BCUT2D eigenvalue weighted by atomic mass is 10.1. The van der Waals surface area contributed by atoms with Gasteiger partial charge in [0.25, 0.3) is 0 Å². The molecule has 1 aromatic carbocycles. The molecule has 0 radical (unpaired) electrons. The maximum absolute atomic E-state index is 13.2. The van der Waals surface area contributed by atoms with Crippen molar-refractivity contribution in [3.8, 4) is 0 Å². The van der Waals surface area contributed by atoms with Gasteiger partial charge in [-0.1, -0.05) is 19.1 Å². The molecule has 1 heterocycles. The van der Waals surface area contributed by atoms with Crippen LogP contribution in [0, 0.1) is 0 Å². The van der Waals surface area contributed by atoms with Crippen LogP contribution in [0.5, 0.6) is 0 Å². The zero-order valence-electron chi connectivity index (χ0n) is 19.7. The number of hydrogen-bond donors (Lipinski definition) is 0. The highest BCUT2D eigenvalue weighted by molar-refractivity contribution is 5.85. The van der Waals surface area contributed by atoms with E-state index in [1.165, 1.54) is 6.07 Å². The summed E-state index contributed by atoms with van der Waals surface area (Å²) in [6.07, 6.45) is 0.368. The van der Waals surface area contributed by atoms with Gasteiger partial charge in [0.1, 0.15) is 6.54 Å². The van der Waals surface area contributed by atoms with Crippen molar-refractivity contribution in [2.45, 2.75) is 57.9 Å². The summed E-state index contributed by atoms with van der Waals surface area (Å²) in [5.74, 6) is -0.168. The van der Waals surface area contributed by atoms with Gasteiger partial charge in [-0.3, -0.25) is 9.59 Å². The largest absolute Gasteiger partial charge is 0.416 e. The van der Waals surface area contributed by atoms with E-state index in [1.807, 2.05) is 23.6 Å². The lowest BCUT2D eigenvalue weighted by Crippen LogP contribution is -2.44. The molecule has 9 heteroatoms. The number of carbonyl (C=O) groups excluding carboxylic acids is 2. The van der Waals surface area contributed by atoms with E-state index in [9.17, 15) is 22.8 Å². The Hall–Kier alpha value is -2.81. The van der Waals surface area contributed by atoms with Crippen molar-refractivity contribution in [2.75, 3.05) is 26.8 Å². The van der Waals surface area contributed by atoms with E-state index in [4.69, 9.17) is 4.74 Å². The van der Waals surface area contributed by atoms with Crippen LogP contribution in [0.15, 0.2) is 42.6 Å². The van der Waals surface area contributed by atoms with Crippen molar-refractivity contribution >= 4 is 11.8 Å². The summed E-state index contributed by atoms with van der Waals surface area (Å²) in [5, 5.41) is 0. The molecular formula is C25H32F3N3O3. The fourth-order valence-electron chi connectivity index (χ4n) is 3.89. The zero-order chi connectivity index (χ0) is 24.7. The Morgan fingerprint density at radius 2 is 1.91 bits per heavy atom. The van der Waals surface area contributed by atoms with Crippen molar-refractivity contribution < 1.29 is 27.5 Å². The molecule has 1 saturated carbocycles. The minimum atomic E-state index is -4.40. The maximum Gasteiger partial charge on any atom is 0.416 e. The van der Waals surface area contributed by atoms with Crippen LogP contribution < -0.4 is 0 Å². The molecule has 1 fully saturated rings. The van der Waals surface area contributed by atoms with Crippen LogP contribution >= 0.6 is 0 Å². The van der Waals surface area contributed by atoms with E-state index in [-0.39, 0.29) is 37.5 Å². The first-order chi connectivity index (χ1) is 16.2. The summed E-state index contributed by atoms with van der Waals surface area (Å²) < 4.78 is 46.3. The summed E-state index contributed by atoms with van der Waals surface area (Å²) in [7, 11) is 1.56. The third-order valence-electron chi connectivity index (χ3n) is 5.88. The van der Waals surface area contributed by atoms with Gasteiger partial charge in [0.05, 0.1) is 18.7 Å². The smallest absolute Gasteiger partial charge is 0.383 e. The Morgan fingerprint density at radius 1 is 1.15 bits per heavy atom. The number of nitrogens with zero attached hydrogens (tertiary/aromatic N) is 3. The van der Waals surface area contributed by atoms with Gasteiger partial charge >= 0.3 is 6.18 Å². The summed E-state index contributed by atoms with van der Waals surface area (Å²) in [6, 6.07) is 9.04. The number of methoxy groups -OCH3 is 1. The summed E-state index contributed by atoms with van der Waals surface area (Å²) in [4.78, 5) is 29.0. The average Bonchev–Trinajstić information content (AvgIpc) is 3.54. The first kappa shape index (κ1) is 25.8. The summed E-state index contributed by atoms with van der Waals surface area (Å²) >= 11 is 0. The Kier molecular flexibility index (Phi) is 8.77. The van der Waals surface area contributed by atoms with Gasteiger partial charge in [-0.15, -0.1) is 0 Å². The summed E-state index contributed by atoms with van der Waals surface area (Å²) in [5.41, 5.74) is 0.624. The van der Waals surface area contributed by atoms with Gasteiger partial charge in [0, 0.05) is 44.6 Å². The predicted molar refractivity (Wildman–Crippen MR) is 122 cm³/mol. The lowest BCUT2D eigenvalue weighted by molar-refractivity contribution is -0.141. The van der Waals surface area contributed by atoms with Gasteiger partial charge in [0.2, 0.25) is 11.8 Å². The van der Waals surface area contributed by atoms with Gasteiger partial charge in [0.15, 0.2) is 0 Å². The second-order valence-electron chi connectivity index (χ2n) is 8.64. The predicted octanol–water partition coefficient (Wildman–Crippen LogP) is 4.32. The number of carbonyl (C=O) groups is 2. The second kappa shape index (κ2) is 11.6. The quantitative estimate of drug-likeness (QED) is 0.456. The first-order valence-electron chi connectivity index (χ1n) is 11.6. The van der Waals surface area contributed by atoms with Gasteiger partial charge < -0.3 is 19.1 Å². The number of benzene rings is 1. The Balaban J connectivity index is 1.73. The fourth-order valence-corrected chi connectivity index (χ4v) is 3.89. The van der Waals surface area contributed by atoms with Crippen LogP contribution in [0.25, 0.3) is 0 Å². The Morgan fingerprint density at radius 3 is 2.56 bits per heavy atom. The maximum atomic E-state index is 13.2. The molecule has 3 rings (SSSR count). The third kappa shape index (κ3) is 7.09. The monoisotopic (exact) mass is 479 g/mol. The standard InChI is InChI=1S/C25H32F3N3O3/c1-3-6-23(32)31(21-10-11-21)18-24(33)30(13-14-34-2)17-22-9-5-12-29(22)16-19-7-4-8-20(15-19)25(26,27)28/h4-5,7-9,12,15,21H,3,6,10-11,13-14,16-18H2,1-2H3. The van der Waals surface area contributed by atoms with Crippen LogP contribution in [0.1, 0.15) is 49.4 Å². The van der Waals surface area contributed by atoms with Crippen molar-refractivity contribution in [1.82, 2.24) is 14.4 Å². The van der Waals surface area contributed by atoms with Crippen molar-refractivity contribution in [2.24, 2.45) is 0 Å². The molecule has 186 valence electrons. The molecule has 0 N–H and O–H groups in total. The van der Waals surface area contributed by atoms with Crippen molar-refractivity contribution in [3.05, 3.63) is 59.4 Å². The molecular weight excluding hydrogens is 447 g/mol. The number of ether oxygens (including phenoxy) is 1. The number of halogens is 3. The Labute approximate surface area is 198 Å². The van der Waals surface area contributed by atoms with Crippen LogP contribution in [-0.2, 0) is 33.6 Å². The SMILES string of the molecule is CCCC(=O)N(CC(=O)N(CCOC)Cc1cccn1Cc1cccc(C(F)(F)F)c1)C1CC1. The molecule has 0 aliphatic heterocycles. The van der Waals surface area contributed by atoms with Gasteiger partial charge in [-0.05, 0) is 49.1 Å². The highest BCUT2D eigenvalue weighted by Crippen LogP contribution is 2.30. The van der Waals surface area contributed by atoms with Gasteiger partial charge in [-0.2, -0.15) is 13.2 Å². The lowest BCUT2D eigenvalue weighted by Gasteiger charge is -2.28. The minimum absolute atomic E-state index is 0.00189. The molecule has 1 aliphatic rings. The molecule has 1 aliphatic carbocycles. The number of hydrogen-bond acceptors (Lipinski definition) is 3. The number of rotatable bonds is 12. The molecule has 2 amide bonds. The minimum Gasteiger partial charge on any atom is -0.383 e. The first-order valence-corrected chi connectivity index (χ1v) is 11.6. The van der Waals surface area contributed by atoms with Gasteiger partial charge in [-0.25, -0.2) is 0 Å². The number of amides is 2. The van der Waals surface area contributed by atoms with Crippen molar-refractivity contribution in [1.29, 1.82) is 0 Å². The second-order valence-corrected chi connectivity index (χ2v) is 8.64. The molecule has 6 nitrogen and oxygen atoms in total. The highest BCUT2D eigenvalue weighted by Gasteiger charge is 2.34. The number of aromatic nitrogens is 1. The van der Waals surface area contributed by atoms with E-state index in [0.29, 0.717) is 25.1 Å². The van der Waals surface area contributed by atoms with Crippen LogP contribution in [0.4, 0.5) is 13.2 Å². The molecule has 0 bridgehead atoms. The normalized spacial score (nSPS) is 13.7. The van der Waals surface area contributed by atoms with E-state index >= 15 is 0 Å². The zero-order valence-corrected chi connectivity index (χ0v) is 19.7. The topological polar surface area (TPSA) is 54.8 Å². The molecule has 0 spiro atoms. The van der Waals surface area contributed by atoms with E-state index in [2.05, 4.69) is 0 Å². The summed E-state index contributed by atoms with van der Waals surface area (Å²) in [6.45, 7) is 3.18. The highest BCUT2D eigenvalue weighted by atomic mass is 19.4. The number of alkyl halides is 3. The third-order valence-corrected chi connectivity index (χ3v) is 5.88. The molecule has 34 heavy (non-hydrogen) atoms. The fraction of sp³-hybridized carbons (Fsp3) is 0.520. The molecule has 1 aromatic heterocycles.